The molecule has 2 aromatic carbocycles. The minimum absolute atomic E-state index is 0.00471. The molecular formula is C27H29NO9. The van der Waals surface area contributed by atoms with Crippen LogP contribution in [0.4, 0.5) is 0 Å². The van der Waals surface area contributed by atoms with Crippen molar-refractivity contribution >= 4 is 17.3 Å². The van der Waals surface area contributed by atoms with Gasteiger partial charge >= 0.3 is 0 Å². The Labute approximate surface area is 212 Å². The van der Waals surface area contributed by atoms with Crippen molar-refractivity contribution in [2.75, 3.05) is 7.11 Å². The lowest BCUT2D eigenvalue weighted by Gasteiger charge is -2.45. The summed E-state index contributed by atoms with van der Waals surface area (Å²) in [6.45, 7) is 2.85. The number of phenols is 2. The summed E-state index contributed by atoms with van der Waals surface area (Å²) >= 11 is 0. The quantitative estimate of drug-likeness (QED) is 0.320. The van der Waals surface area contributed by atoms with E-state index in [0.717, 1.165) is 0 Å². The Morgan fingerprint density at radius 3 is 2.43 bits per heavy atom. The zero-order valence-corrected chi connectivity index (χ0v) is 20.6. The number of carbonyl (C=O) groups excluding carboxylic acids is 3. The Bertz CT molecular complexity index is 1340. The van der Waals surface area contributed by atoms with Gasteiger partial charge < -0.3 is 35.6 Å². The zero-order valence-electron chi connectivity index (χ0n) is 20.6. The van der Waals surface area contributed by atoms with E-state index < -0.39 is 70.3 Å². The van der Waals surface area contributed by atoms with Crippen molar-refractivity contribution in [2.24, 2.45) is 5.73 Å². The highest BCUT2D eigenvalue weighted by molar-refractivity contribution is 6.31. The number of hydrogen-bond donors (Lipinski definition) is 5. The van der Waals surface area contributed by atoms with Crippen LogP contribution >= 0.6 is 0 Å². The molecular weight excluding hydrogens is 482 g/mol. The molecule has 10 nitrogen and oxygen atoms in total. The smallest absolute Gasteiger partial charge is 0.202 e. The van der Waals surface area contributed by atoms with Crippen LogP contribution in [-0.2, 0) is 16.0 Å². The van der Waals surface area contributed by atoms with E-state index in [9.17, 15) is 34.8 Å². The monoisotopic (exact) mass is 511 g/mol. The number of aliphatic hydroxyl groups excluding tert-OH is 1. The molecule has 0 saturated carbocycles. The molecule has 1 heterocycles. The van der Waals surface area contributed by atoms with E-state index in [0.29, 0.717) is 0 Å². The van der Waals surface area contributed by atoms with Gasteiger partial charge in [0.2, 0.25) is 5.78 Å². The van der Waals surface area contributed by atoms with Crippen molar-refractivity contribution in [2.45, 2.75) is 69.0 Å². The van der Waals surface area contributed by atoms with Gasteiger partial charge in [-0.1, -0.05) is 12.1 Å². The van der Waals surface area contributed by atoms with Gasteiger partial charge in [0.25, 0.3) is 0 Å². The van der Waals surface area contributed by atoms with Crippen LogP contribution in [0.25, 0.3) is 0 Å². The highest BCUT2D eigenvalue weighted by atomic mass is 16.5. The van der Waals surface area contributed by atoms with Crippen molar-refractivity contribution < 1.29 is 44.3 Å². The molecule has 196 valence electrons. The van der Waals surface area contributed by atoms with Crippen molar-refractivity contribution in [3.8, 4) is 17.2 Å². The van der Waals surface area contributed by atoms with Gasteiger partial charge in [0.15, 0.2) is 11.6 Å². The summed E-state index contributed by atoms with van der Waals surface area (Å²) in [7, 11) is 1.35. The SMILES string of the molecule is COc1cccc2c1C(=O)c1c(O)c3c(c(O)c1C2=O)C[C@](O)(C(C)=O)CC3[C@H]1C[C@H](N)[C@@H](O)[C@@H](C)O1. The van der Waals surface area contributed by atoms with Crippen LogP contribution in [0.1, 0.15) is 75.6 Å². The maximum absolute atomic E-state index is 13.7. The fraction of sp³-hybridized carbons (Fsp3) is 0.444. The molecule has 3 aliphatic rings. The summed E-state index contributed by atoms with van der Waals surface area (Å²) in [4.78, 5) is 39.7. The molecule has 10 heteroatoms. The summed E-state index contributed by atoms with van der Waals surface area (Å²) in [6, 6.07) is 3.80. The van der Waals surface area contributed by atoms with Gasteiger partial charge in [0.1, 0.15) is 22.8 Å². The zero-order chi connectivity index (χ0) is 27.0. The van der Waals surface area contributed by atoms with Crippen LogP contribution in [0.2, 0.25) is 0 Å². The minimum atomic E-state index is -1.93. The van der Waals surface area contributed by atoms with Crippen LogP contribution in [-0.4, -0.2) is 74.8 Å². The van der Waals surface area contributed by atoms with E-state index in [1.807, 2.05) is 0 Å². The molecule has 37 heavy (non-hydrogen) atoms. The van der Waals surface area contributed by atoms with E-state index >= 15 is 0 Å². The maximum atomic E-state index is 13.7. The number of aromatic hydroxyl groups is 2. The molecule has 1 fully saturated rings. The molecule has 0 radical (unpaired) electrons. The Balaban J connectivity index is 1.76. The lowest BCUT2D eigenvalue weighted by atomic mass is 9.66. The predicted octanol–water partition coefficient (Wildman–Crippen LogP) is 1.10. The van der Waals surface area contributed by atoms with E-state index in [-0.39, 0.29) is 52.8 Å². The highest BCUT2D eigenvalue weighted by Crippen LogP contribution is 2.53. The first-order valence-corrected chi connectivity index (χ1v) is 12.1. The van der Waals surface area contributed by atoms with Crippen molar-refractivity contribution in [1.82, 2.24) is 0 Å². The number of Topliss-reactive ketones (excluding diaryl/α,β-unsaturated/α-hetero) is 1. The molecule has 5 rings (SSSR count). The van der Waals surface area contributed by atoms with Gasteiger partial charge in [-0.15, -0.1) is 0 Å². The summed E-state index contributed by atoms with van der Waals surface area (Å²) in [5.41, 5.74) is 3.53. The van der Waals surface area contributed by atoms with E-state index in [1.165, 1.54) is 32.2 Å². The van der Waals surface area contributed by atoms with Crippen LogP contribution in [0.5, 0.6) is 17.2 Å². The van der Waals surface area contributed by atoms with Crippen molar-refractivity contribution in [1.29, 1.82) is 0 Å². The topological polar surface area (TPSA) is 177 Å². The van der Waals surface area contributed by atoms with Crippen LogP contribution in [0.3, 0.4) is 0 Å². The number of ketones is 3. The summed E-state index contributed by atoms with van der Waals surface area (Å²) in [5, 5.41) is 44.5. The fourth-order valence-corrected chi connectivity index (χ4v) is 6.04. The van der Waals surface area contributed by atoms with Gasteiger partial charge in [0.05, 0.1) is 42.1 Å². The van der Waals surface area contributed by atoms with E-state index in [1.54, 1.807) is 6.92 Å². The van der Waals surface area contributed by atoms with Crippen LogP contribution < -0.4 is 10.5 Å². The largest absolute Gasteiger partial charge is 0.507 e. The number of fused-ring (bicyclic) bond motifs is 3. The molecule has 0 amide bonds. The molecule has 6 N–H and O–H groups in total. The Morgan fingerprint density at radius 1 is 1.14 bits per heavy atom. The third-order valence-corrected chi connectivity index (χ3v) is 8.08. The lowest BCUT2D eigenvalue weighted by Crippen LogP contribution is -2.54. The molecule has 1 unspecified atom stereocenters. The molecule has 6 atom stereocenters. The summed E-state index contributed by atoms with van der Waals surface area (Å²) in [5.74, 6) is -3.79. The van der Waals surface area contributed by atoms with Gasteiger partial charge in [-0.25, -0.2) is 0 Å². The minimum Gasteiger partial charge on any atom is -0.507 e. The fourth-order valence-electron chi connectivity index (χ4n) is 6.04. The van der Waals surface area contributed by atoms with Gasteiger partial charge in [-0.3, -0.25) is 14.4 Å². The van der Waals surface area contributed by atoms with Crippen molar-refractivity contribution in [3.05, 3.63) is 51.6 Å². The third-order valence-electron chi connectivity index (χ3n) is 8.08. The maximum Gasteiger partial charge on any atom is 0.202 e. The molecule has 1 aliphatic heterocycles. The number of aliphatic hydroxyl groups is 2. The number of benzene rings is 2. The van der Waals surface area contributed by atoms with Gasteiger partial charge in [-0.05, 0) is 32.8 Å². The first-order valence-electron chi connectivity index (χ1n) is 12.1. The average molecular weight is 512 g/mol. The number of carbonyl (C=O) groups is 3. The lowest BCUT2D eigenvalue weighted by molar-refractivity contribution is -0.146. The number of ether oxygens (including phenoxy) is 2. The summed E-state index contributed by atoms with van der Waals surface area (Å²) < 4.78 is 11.3. The predicted molar refractivity (Wildman–Crippen MR) is 129 cm³/mol. The van der Waals surface area contributed by atoms with Crippen LogP contribution in [0, 0.1) is 0 Å². The van der Waals surface area contributed by atoms with Gasteiger partial charge in [0, 0.05) is 35.1 Å². The molecule has 2 aliphatic carbocycles. The van der Waals surface area contributed by atoms with Gasteiger partial charge in [-0.2, -0.15) is 0 Å². The molecule has 0 bridgehead atoms. The number of nitrogens with two attached hydrogens (primary N) is 1. The Hall–Kier alpha value is -3.31. The highest BCUT2D eigenvalue weighted by Gasteiger charge is 2.51. The second-order valence-corrected chi connectivity index (χ2v) is 10.2. The standard InChI is InChI=1S/C27H29NO9/c1-10-22(30)15(28)7-17(37-10)13-8-27(35,11(2)29)9-14-18(13)25(33)21-20(24(14)32)23(31)12-5-4-6-16(36-3)19(12)26(21)34/h4-6,10,13,15,17,22,30,32-33,35H,7-9,28H2,1-3H3/t10-,13?,15+,17-,22+,27+/m1/s1. The molecule has 0 aromatic heterocycles. The first-order chi connectivity index (χ1) is 17.4. The summed E-state index contributed by atoms with van der Waals surface area (Å²) in [6.07, 6.45) is -2.81. The van der Waals surface area contributed by atoms with Crippen LogP contribution in [0.15, 0.2) is 18.2 Å². The second-order valence-electron chi connectivity index (χ2n) is 10.2. The second kappa shape index (κ2) is 8.63. The molecule has 2 aromatic rings. The van der Waals surface area contributed by atoms with E-state index in [2.05, 4.69) is 0 Å². The third kappa shape index (κ3) is 3.58. The normalized spacial score (nSPS) is 30.8. The molecule has 1 saturated heterocycles. The Kier molecular flexibility index (Phi) is 5.91. The number of rotatable bonds is 3. The average Bonchev–Trinajstić information content (AvgIpc) is 2.86. The number of phenolic OH excluding ortho intramolecular Hbond substituents is 2. The first kappa shape index (κ1) is 25.3. The Morgan fingerprint density at radius 2 is 1.81 bits per heavy atom. The molecule has 0 spiro atoms. The number of hydrogen-bond acceptors (Lipinski definition) is 10. The number of methoxy groups -OCH3 is 1. The van der Waals surface area contributed by atoms with Crippen molar-refractivity contribution in [3.63, 3.8) is 0 Å². The van der Waals surface area contributed by atoms with E-state index in [4.69, 9.17) is 15.2 Å².